The highest BCUT2D eigenvalue weighted by molar-refractivity contribution is 5.96. The van der Waals surface area contributed by atoms with E-state index in [1.807, 2.05) is 19.1 Å². The van der Waals surface area contributed by atoms with Crippen molar-refractivity contribution in [2.75, 3.05) is 0 Å². The zero-order chi connectivity index (χ0) is 13.1. The maximum absolute atomic E-state index is 11.6. The third-order valence-corrected chi connectivity index (χ3v) is 2.70. The van der Waals surface area contributed by atoms with Gasteiger partial charge in [-0.25, -0.2) is 4.68 Å². The molecule has 0 bridgehead atoms. The molecule has 0 amide bonds. The lowest BCUT2D eigenvalue weighted by Gasteiger charge is -2.03. The highest BCUT2D eigenvalue weighted by Crippen LogP contribution is 2.12. The number of carbonyl (C=O) groups excluding carboxylic acids is 2. The molecule has 0 spiro atoms. The molecule has 0 saturated heterocycles. The fourth-order valence-electron chi connectivity index (χ4n) is 1.68. The van der Waals surface area contributed by atoms with Gasteiger partial charge in [0.1, 0.15) is 5.69 Å². The molecule has 0 aliphatic heterocycles. The van der Waals surface area contributed by atoms with Crippen LogP contribution in [0.15, 0.2) is 36.5 Å². The zero-order valence-corrected chi connectivity index (χ0v) is 10.4. The van der Waals surface area contributed by atoms with Gasteiger partial charge in [-0.15, -0.1) is 0 Å². The summed E-state index contributed by atoms with van der Waals surface area (Å²) in [5.41, 5.74) is 1.86. The number of aromatic nitrogens is 2. The van der Waals surface area contributed by atoms with E-state index in [1.165, 1.54) is 6.92 Å². The first-order valence-corrected chi connectivity index (χ1v) is 5.82. The molecule has 0 fully saturated rings. The standard InChI is InChI=1S/C14H14N2O2/c1-3-14(18)11-5-4-6-12(9-11)16-8-7-13(15-16)10(2)17/h4-9H,3H2,1-2H3. The van der Waals surface area contributed by atoms with Crippen molar-refractivity contribution in [3.63, 3.8) is 0 Å². The first-order valence-electron chi connectivity index (χ1n) is 5.82. The summed E-state index contributed by atoms with van der Waals surface area (Å²) < 4.78 is 1.60. The molecule has 2 aromatic rings. The van der Waals surface area contributed by atoms with Gasteiger partial charge in [-0.2, -0.15) is 5.10 Å². The highest BCUT2D eigenvalue weighted by atomic mass is 16.1. The van der Waals surface area contributed by atoms with E-state index < -0.39 is 0 Å². The van der Waals surface area contributed by atoms with Crippen LogP contribution < -0.4 is 0 Å². The summed E-state index contributed by atoms with van der Waals surface area (Å²) in [6, 6.07) is 8.89. The largest absolute Gasteiger partial charge is 0.294 e. The van der Waals surface area contributed by atoms with E-state index in [9.17, 15) is 9.59 Å². The minimum Gasteiger partial charge on any atom is -0.294 e. The van der Waals surface area contributed by atoms with Crippen LogP contribution in [0.4, 0.5) is 0 Å². The van der Waals surface area contributed by atoms with E-state index in [-0.39, 0.29) is 11.6 Å². The fraction of sp³-hybridized carbons (Fsp3) is 0.214. The SMILES string of the molecule is CCC(=O)c1cccc(-n2ccc(C(C)=O)n2)c1. The summed E-state index contributed by atoms with van der Waals surface area (Å²) in [7, 11) is 0. The molecule has 2 rings (SSSR count). The molecule has 1 heterocycles. The topological polar surface area (TPSA) is 52.0 Å². The smallest absolute Gasteiger partial charge is 0.179 e. The normalized spacial score (nSPS) is 10.3. The number of hydrogen-bond donors (Lipinski definition) is 0. The average molecular weight is 242 g/mol. The Hall–Kier alpha value is -2.23. The van der Waals surface area contributed by atoms with E-state index in [1.54, 1.807) is 29.1 Å². The Bertz CT molecular complexity index is 599. The van der Waals surface area contributed by atoms with Crippen LogP contribution in [0, 0.1) is 0 Å². The molecule has 0 aliphatic carbocycles. The van der Waals surface area contributed by atoms with Crippen molar-refractivity contribution >= 4 is 11.6 Å². The van der Waals surface area contributed by atoms with Crippen molar-refractivity contribution < 1.29 is 9.59 Å². The van der Waals surface area contributed by atoms with Crippen LogP contribution in [-0.4, -0.2) is 21.3 Å². The molecular formula is C14H14N2O2. The van der Waals surface area contributed by atoms with Crippen LogP contribution in [0.3, 0.4) is 0 Å². The predicted octanol–water partition coefficient (Wildman–Crippen LogP) is 2.67. The predicted molar refractivity (Wildman–Crippen MR) is 68.2 cm³/mol. The molecule has 18 heavy (non-hydrogen) atoms. The number of benzene rings is 1. The van der Waals surface area contributed by atoms with Crippen LogP contribution in [0.25, 0.3) is 5.69 Å². The van der Waals surface area contributed by atoms with Gasteiger partial charge in [-0.05, 0) is 18.2 Å². The Balaban J connectivity index is 2.38. The Morgan fingerprint density at radius 2 is 2.06 bits per heavy atom. The Labute approximate surface area is 105 Å². The van der Waals surface area contributed by atoms with Crippen LogP contribution in [0.5, 0.6) is 0 Å². The monoisotopic (exact) mass is 242 g/mol. The van der Waals surface area contributed by atoms with Gasteiger partial charge in [0.25, 0.3) is 0 Å². The van der Waals surface area contributed by atoms with Crippen molar-refractivity contribution in [3.8, 4) is 5.69 Å². The van der Waals surface area contributed by atoms with E-state index >= 15 is 0 Å². The van der Waals surface area contributed by atoms with Crippen molar-refractivity contribution in [1.82, 2.24) is 9.78 Å². The molecule has 1 aromatic heterocycles. The number of hydrogen-bond acceptors (Lipinski definition) is 3. The van der Waals surface area contributed by atoms with Crippen LogP contribution in [-0.2, 0) is 0 Å². The first kappa shape index (κ1) is 12.2. The van der Waals surface area contributed by atoms with Gasteiger partial charge in [0.05, 0.1) is 5.69 Å². The number of Topliss-reactive ketones (excluding diaryl/α,β-unsaturated/α-hetero) is 2. The molecule has 0 N–H and O–H groups in total. The Morgan fingerprint density at radius 1 is 1.28 bits per heavy atom. The van der Waals surface area contributed by atoms with Crippen molar-refractivity contribution in [2.24, 2.45) is 0 Å². The Morgan fingerprint density at radius 3 is 2.67 bits per heavy atom. The molecule has 1 aromatic carbocycles. The van der Waals surface area contributed by atoms with Crippen molar-refractivity contribution in [2.45, 2.75) is 20.3 Å². The van der Waals surface area contributed by atoms with Crippen molar-refractivity contribution in [1.29, 1.82) is 0 Å². The molecule has 0 unspecified atom stereocenters. The minimum atomic E-state index is -0.0745. The van der Waals surface area contributed by atoms with Gasteiger partial charge >= 0.3 is 0 Å². The summed E-state index contributed by atoms with van der Waals surface area (Å²) in [6.45, 7) is 3.31. The lowest BCUT2D eigenvalue weighted by molar-refractivity contribution is 0.0985. The number of nitrogens with zero attached hydrogens (tertiary/aromatic N) is 2. The molecule has 0 radical (unpaired) electrons. The van der Waals surface area contributed by atoms with Crippen LogP contribution in [0.2, 0.25) is 0 Å². The second kappa shape index (κ2) is 4.96. The fourth-order valence-corrected chi connectivity index (χ4v) is 1.68. The second-order valence-corrected chi connectivity index (χ2v) is 4.03. The zero-order valence-electron chi connectivity index (χ0n) is 10.4. The number of rotatable bonds is 4. The third-order valence-electron chi connectivity index (χ3n) is 2.70. The summed E-state index contributed by atoms with van der Waals surface area (Å²) in [6.07, 6.45) is 2.19. The van der Waals surface area contributed by atoms with Crippen LogP contribution >= 0.6 is 0 Å². The molecule has 0 atom stereocenters. The van der Waals surface area contributed by atoms with E-state index in [0.717, 1.165) is 5.69 Å². The first-order chi connectivity index (χ1) is 8.61. The van der Waals surface area contributed by atoms with Gasteiger partial charge in [0.15, 0.2) is 11.6 Å². The van der Waals surface area contributed by atoms with Gasteiger partial charge < -0.3 is 0 Å². The summed E-state index contributed by atoms with van der Waals surface area (Å²) in [5, 5.41) is 4.16. The third kappa shape index (κ3) is 2.37. The van der Waals surface area contributed by atoms with Gasteiger partial charge in [0, 0.05) is 25.1 Å². The molecular weight excluding hydrogens is 228 g/mol. The average Bonchev–Trinajstić information content (AvgIpc) is 2.88. The molecule has 4 nitrogen and oxygen atoms in total. The molecule has 92 valence electrons. The molecule has 0 saturated carbocycles. The second-order valence-electron chi connectivity index (χ2n) is 4.03. The van der Waals surface area contributed by atoms with Crippen molar-refractivity contribution in [3.05, 3.63) is 47.8 Å². The van der Waals surface area contributed by atoms with Gasteiger partial charge in [0.2, 0.25) is 0 Å². The van der Waals surface area contributed by atoms with E-state index in [4.69, 9.17) is 0 Å². The quantitative estimate of drug-likeness (QED) is 0.774. The molecule has 0 aliphatic rings. The summed E-state index contributed by atoms with van der Waals surface area (Å²) in [5.74, 6) is 0.0188. The van der Waals surface area contributed by atoms with E-state index in [2.05, 4.69) is 5.10 Å². The lowest BCUT2D eigenvalue weighted by atomic mass is 10.1. The minimum absolute atomic E-state index is 0.0745. The van der Waals surface area contributed by atoms with Crippen LogP contribution in [0.1, 0.15) is 41.1 Å². The molecule has 4 heteroatoms. The maximum atomic E-state index is 11.6. The number of ketones is 2. The van der Waals surface area contributed by atoms with Gasteiger partial charge in [-0.1, -0.05) is 19.1 Å². The summed E-state index contributed by atoms with van der Waals surface area (Å²) >= 11 is 0. The van der Waals surface area contributed by atoms with E-state index in [0.29, 0.717) is 17.7 Å². The maximum Gasteiger partial charge on any atom is 0.179 e. The summed E-state index contributed by atoms with van der Waals surface area (Å²) in [4.78, 5) is 22.8. The Kier molecular flexibility index (Phi) is 3.37. The lowest BCUT2D eigenvalue weighted by Crippen LogP contribution is -2.02. The van der Waals surface area contributed by atoms with Gasteiger partial charge in [-0.3, -0.25) is 9.59 Å². The highest BCUT2D eigenvalue weighted by Gasteiger charge is 2.07. The number of carbonyl (C=O) groups is 2.